The van der Waals surface area contributed by atoms with Crippen molar-refractivity contribution < 1.29 is 23.8 Å². The lowest BCUT2D eigenvalue weighted by Crippen LogP contribution is -2.33. The molecule has 0 radical (unpaired) electrons. The molecule has 1 N–H and O–H groups in total. The average Bonchev–Trinajstić information content (AvgIpc) is 2.70. The monoisotopic (exact) mass is 428 g/mol. The number of carbonyl (C=O) groups excluding carboxylic acids is 2. The normalized spacial score (nSPS) is 11.0. The molecule has 0 bridgehead atoms. The lowest BCUT2D eigenvalue weighted by atomic mass is 10.2. The first-order valence-corrected chi connectivity index (χ1v) is 10.3. The fourth-order valence-electron chi connectivity index (χ4n) is 2.67. The van der Waals surface area contributed by atoms with Crippen LogP contribution in [0.4, 0.5) is 4.79 Å². The van der Waals surface area contributed by atoms with Crippen LogP contribution < -0.4 is 10.1 Å². The van der Waals surface area contributed by atoms with Crippen LogP contribution >= 0.6 is 0 Å². The summed E-state index contributed by atoms with van der Waals surface area (Å²) >= 11 is 0. The van der Waals surface area contributed by atoms with Crippen molar-refractivity contribution in [3.63, 3.8) is 0 Å². The molecule has 0 unspecified atom stereocenters. The van der Waals surface area contributed by atoms with Crippen LogP contribution in [0.5, 0.6) is 11.5 Å². The molecule has 0 aliphatic heterocycles. The van der Waals surface area contributed by atoms with Gasteiger partial charge >= 0.3 is 12.1 Å². The van der Waals surface area contributed by atoms with E-state index in [9.17, 15) is 9.59 Å². The first-order chi connectivity index (χ1) is 14.7. The number of hydrogen-bond donors (Lipinski definition) is 1. The summed E-state index contributed by atoms with van der Waals surface area (Å²) in [6.45, 7) is 8.90. The summed E-state index contributed by atoms with van der Waals surface area (Å²) < 4.78 is 16.1. The maximum absolute atomic E-state index is 12.1. The van der Waals surface area contributed by atoms with Gasteiger partial charge < -0.3 is 24.4 Å². The van der Waals surface area contributed by atoms with Gasteiger partial charge in [0.05, 0.1) is 13.2 Å². The van der Waals surface area contributed by atoms with Gasteiger partial charge in [-0.1, -0.05) is 24.3 Å². The van der Waals surface area contributed by atoms with Gasteiger partial charge in [0.15, 0.2) is 0 Å². The van der Waals surface area contributed by atoms with Crippen LogP contribution in [0.2, 0.25) is 0 Å². The molecule has 31 heavy (non-hydrogen) atoms. The highest BCUT2D eigenvalue weighted by Gasteiger charge is 2.19. The molecule has 0 aliphatic rings. The highest BCUT2D eigenvalue weighted by Crippen LogP contribution is 2.22. The van der Waals surface area contributed by atoms with Gasteiger partial charge in [-0.15, -0.1) is 0 Å². The first kappa shape index (κ1) is 24.2. The molecule has 0 saturated heterocycles. The van der Waals surface area contributed by atoms with Crippen LogP contribution in [0.15, 0.2) is 48.5 Å². The van der Waals surface area contributed by atoms with E-state index in [0.717, 1.165) is 11.1 Å². The Hall–Kier alpha value is -3.06. The number of hydrogen-bond acceptors (Lipinski definition) is 6. The molecule has 7 heteroatoms. The number of benzene rings is 2. The Kier molecular flexibility index (Phi) is 8.88. The summed E-state index contributed by atoms with van der Waals surface area (Å²) in [4.78, 5) is 24.9. The molecule has 0 aliphatic carbocycles. The highest BCUT2D eigenvalue weighted by molar-refractivity contribution is 5.71. The van der Waals surface area contributed by atoms with E-state index in [-0.39, 0.29) is 18.6 Å². The van der Waals surface area contributed by atoms with Crippen LogP contribution in [0.3, 0.4) is 0 Å². The number of rotatable bonds is 9. The summed E-state index contributed by atoms with van der Waals surface area (Å²) in [5, 5.41) is 3.05. The molecule has 0 saturated carbocycles. The molecule has 7 nitrogen and oxygen atoms in total. The topological polar surface area (TPSA) is 77.1 Å². The number of carbonyl (C=O) groups is 2. The van der Waals surface area contributed by atoms with Crippen LogP contribution in [0, 0.1) is 0 Å². The number of nitrogens with zero attached hydrogens (tertiary/aromatic N) is 1. The zero-order valence-corrected chi connectivity index (χ0v) is 18.9. The van der Waals surface area contributed by atoms with Crippen molar-refractivity contribution in [1.29, 1.82) is 0 Å². The minimum absolute atomic E-state index is 0.182. The Labute approximate surface area is 184 Å². The van der Waals surface area contributed by atoms with Crippen LogP contribution in [0.25, 0.3) is 0 Å². The van der Waals surface area contributed by atoms with Crippen molar-refractivity contribution in [1.82, 2.24) is 10.2 Å². The quantitative estimate of drug-likeness (QED) is 0.593. The van der Waals surface area contributed by atoms with Gasteiger partial charge in [-0.05, 0) is 63.1 Å². The maximum atomic E-state index is 12.1. The lowest BCUT2D eigenvalue weighted by molar-refractivity contribution is -0.142. The average molecular weight is 429 g/mol. The molecule has 0 spiro atoms. The van der Waals surface area contributed by atoms with Gasteiger partial charge in [0.1, 0.15) is 17.1 Å². The van der Waals surface area contributed by atoms with Crippen molar-refractivity contribution >= 4 is 12.1 Å². The smallest absolute Gasteiger partial charge is 0.410 e. The van der Waals surface area contributed by atoms with E-state index in [1.54, 1.807) is 14.0 Å². The number of ether oxygens (including phenoxy) is 3. The lowest BCUT2D eigenvalue weighted by Gasteiger charge is -2.24. The van der Waals surface area contributed by atoms with Crippen molar-refractivity contribution in [3.05, 3.63) is 59.7 Å². The predicted molar refractivity (Wildman–Crippen MR) is 119 cm³/mol. The Balaban J connectivity index is 1.83. The van der Waals surface area contributed by atoms with Crippen molar-refractivity contribution in [3.8, 4) is 11.5 Å². The van der Waals surface area contributed by atoms with E-state index >= 15 is 0 Å². The van der Waals surface area contributed by atoms with Crippen LogP contribution in [0.1, 0.15) is 38.8 Å². The van der Waals surface area contributed by atoms with Gasteiger partial charge in [0.2, 0.25) is 0 Å². The molecule has 0 fully saturated rings. The van der Waals surface area contributed by atoms with Crippen LogP contribution in [-0.4, -0.2) is 42.8 Å². The van der Waals surface area contributed by atoms with E-state index in [1.807, 2.05) is 69.3 Å². The summed E-state index contributed by atoms with van der Waals surface area (Å²) in [6.07, 6.45) is -0.357. The van der Waals surface area contributed by atoms with Crippen molar-refractivity contribution in [2.45, 2.75) is 46.4 Å². The molecule has 168 valence electrons. The molecular weight excluding hydrogens is 396 g/mol. The van der Waals surface area contributed by atoms with E-state index in [0.29, 0.717) is 31.2 Å². The standard InChI is InChI=1S/C24H32N2O5/c1-6-29-22(27)16-25-15-18-7-11-20(12-8-18)30-21-13-9-19(10-14-21)17-26(5)23(28)31-24(2,3)4/h7-14,25H,6,15-17H2,1-5H3. The van der Waals surface area contributed by atoms with Crippen LogP contribution in [-0.2, 0) is 27.4 Å². The second-order valence-corrected chi connectivity index (χ2v) is 8.13. The minimum Gasteiger partial charge on any atom is -0.465 e. The molecule has 2 rings (SSSR count). The molecular formula is C24H32N2O5. The third-order valence-corrected chi connectivity index (χ3v) is 4.11. The fraction of sp³-hybridized carbons (Fsp3) is 0.417. The molecule has 0 heterocycles. The van der Waals surface area contributed by atoms with Crippen molar-refractivity contribution in [2.24, 2.45) is 0 Å². The third kappa shape index (κ3) is 9.09. The van der Waals surface area contributed by atoms with E-state index in [2.05, 4.69) is 5.32 Å². The summed E-state index contributed by atoms with van der Waals surface area (Å²) in [5.74, 6) is 1.16. The predicted octanol–water partition coefficient (Wildman–Crippen LogP) is 4.50. The summed E-state index contributed by atoms with van der Waals surface area (Å²) in [6, 6.07) is 15.2. The van der Waals surface area contributed by atoms with Gasteiger partial charge in [0, 0.05) is 20.1 Å². The van der Waals surface area contributed by atoms with Gasteiger partial charge in [-0.2, -0.15) is 0 Å². The first-order valence-electron chi connectivity index (χ1n) is 10.3. The van der Waals surface area contributed by atoms with E-state index < -0.39 is 5.60 Å². The fourth-order valence-corrected chi connectivity index (χ4v) is 2.67. The molecule has 2 aromatic rings. The summed E-state index contributed by atoms with van der Waals surface area (Å²) in [7, 11) is 1.71. The van der Waals surface area contributed by atoms with E-state index in [4.69, 9.17) is 14.2 Å². The number of esters is 1. The third-order valence-electron chi connectivity index (χ3n) is 4.11. The summed E-state index contributed by atoms with van der Waals surface area (Å²) in [5.41, 5.74) is 1.50. The Bertz CT molecular complexity index is 842. The zero-order valence-electron chi connectivity index (χ0n) is 18.9. The Morgan fingerprint density at radius 1 is 0.935 bits per heavy atom. The van der Waals surface area contributed by atoms with Gasteiger partial charge in [0.25, 0.3) is 0 Å². The Morgan fingerprint density at radius 2 is 1.48 bits per heavy atom. The largest absolute Gasteiger partial charge is 0.465 e. The van der Waals surface area contributed by atoms with Crippen molar-refractivity contribution in [2.75, 3.05) is 20.2 Å². The highest BCUT2D eigenvalue weighted by atomic mass is 16.6. The van der Waals surface area contributed by atoms with Gasteiger partial charge in [-0.25, -0.2) is 4.79 Å². The molecule has 0 atom stereocenters. The number of amides is 1. The molecule has 1 amide bonds. The Morgan fingerprint density at radius 3 is 2.00 bits per heavy atom. The molecule has 2 aromatic carbocycles. The second kappa shape index (κ2) is 11.4. The zero-order chi connectivity index (χ0) is 22.9. The molecule has 0 aromatic heterocycles. The second-order valence-electron chi connectivity index (χ2n) is 8.13. The minimum atomic E-state index is -0.518. The SMILES string of the molecule is CCOC(=O)CNCc1ccc(Oc2ccc(CN(C)C(=O)OC(C)(C)C)cc2)cc1. The number of nitrogens with one attached hydrogen (secondary N) is 1. The van der Waals surface area contributed by atoms with E-state index in [1.165, 1.54) is 4.90 Å². The maximum Gasteiger partial charge on any atom is 0.410 e. The van der Waals surface area contributed by atoms with Gasteiger partial charge in [-0.3, -0.25) is 4.79 Å².